The van der Waals surface area contributed by atoms with E-state index in [0.29, 0.717) is 25.2 Å². The normalized spacial score (nSPS) is 23.2. The zero-order valence-electron chi connectivity index (χ0n) is 13.4. The molecule has 23 heavy (non-hydrogen) atoms. The summed E-state index contributed by atoms with van der Waals surface area (Å²) >= 11 is 0. The first-order chi connectivity index (χ1) is 11.0. The molecule has 1 atom stereocenters. The summed E-state index contributed by atoms with van der Waals surface area (Å²) in [5.74, 6) is -0.0379. The number of sulfonamides is 1. The molecular formula is C16H23N3O3S. The van der Waals surface area contributed by atoms with Gasteiger partial charge in [0.1, 0.15) is 0 Å². The molecular weight excluding hydrogens is 314 g/mol. The summed E-state index contributed by atoms with van der Waals surface area (Å²) in [4.78, 5) is 14.7. The molecule has 2 aliphatic rings. The SMILES string of the molecule is C[C@H]1CNCCN1C(=O)c1ccc(S(=O)(=O)N2CCCC2)cc1. The van der Waals surface area contributed by atoms with Crippen molar-refractivity contribution in [2.24, 2.45) is 0 Å². The van der Waals surface area contributed by atoms with Crippen LogP contribution < -0.4 is 5.32 Å². The molecule has 7 heteroatoms. The van der Waals surface area contributed by atoms with Gasteiger partial charge in [0, 0.05) is 44.3 Å². The van der Waals surface area contributed by atoms with E-state index in [4.69, 9.17) is 0 Å². The van der Waals surface area contributed by atoms with Gasteiger partial charge < -0.3 is 10.2 Å². The number of piperazine rings is 1. The molecule has 1 N–H and O–H groups in total. The lowest BCUT2D eigenvalue weighted by molar-refractivity contribution is 0.0655. The number of benzene rings is 1. The van der Waals surface area contributed by atoms with E-state index in [1.165, 1.54) is 4.31 Å². The van der Waals surface area contributed by atoms with Crippen molar-refractivity contribution in [2.75, 3.05) is 32.7 Å². The monoisotopic (exact) mass is 337 g/mol. The molecule has 1 amide bonds. The van der Waals surface area contributed by atoms with Gasteiger partial charge in [0.25, 0.3) is 5.91 Å². The van der Waals surface area contributed by atoms with E-state index in [9.17, 15) is 13.2 Å². The van der Waals surface area contributed by atoms with E-state index in [0.717, 1.165) is 25.9 Å². The highest BCUT2D eigenvalue weighted by molar-refractivity contribution is 7.89. The fraction of sp³-hybridized carbons (Fsp3) is 0.562. The Hall–Kier alpha value is -1.44. The number of carbonyl (C=O) groups excluding carboxylic acids is 1. The molecule has 1 aromatic carbocycles. The predicted octanol–water partition coefficient (Wildman–Crippen LogP) is 0.905. The average molecular weight is 337 g/mol. The Kier molecular flexibility index (Phi) is 4.70. The second-order valence-corrected chi connectivity index (χ2v) is 8.13. The molecule has 0 bridgehead atoms. The lowest BCUT2D eigenvalue weighted by Crippen LogP contribution is -2.52. The van der Waals surface area contributed by atoms with Crippen LogP contribution in [-0.4, -0.2) is 62.3 Å². The molecule has 0 spiro atoms. The summed E-state index contributed by atoms with van der Waals surface area (Å²) in [6.07, 6.45) is 1.83. The molecule has 0 unspecified atom stereocenters. The third-order valence-corrected chi connectivity index (χ3v) is 6.48. The smallest absolute Gasteiger partial charge is 0.254 e. The maximum atomic E-state index is 12.6. The molecule has 0 radical (unpaired) electrons. The van der Waals surface area contributed by atoms with Crippen LogP contribution in [0, 0.1) is 0 Å². The van der Waals surface area contributed by atoms with Crippen molar-refractivity contribution in [1.82, 2.24) is 14.5 Å². The Morgan fingerprint density at radius 2 is 1.78 bits per heavy atom. The number of nitrogens with one attached hydrogen (secondary N) is 1. The standard InChI is InChI=1S/C16H23N3O3S/c1-13-12-17-8-11-19(13)16(20)14-4-6-15(7-5-14)23(21,22)18-9-2-3-10-18/h4-7,13,17H,2-3,8-12H2,1H3/t13-/m0/s1. The summed E-state index contributed by atoms with van der Waals surface area (Å²) in [6, 6.07) is 6.49. The maximum Gasteiger partial charge on any atom is 0.254 e. The van der Waals surface area contributed by atoms with Crippen molar-refractivity contribution >= 4 is 15.9 Å². The molecule has 2 aliphatic heterocycles. The number of rotatable bonds is 3. The molecule has 6 nitrogen and oxygen atoms in total. The number of hydrogen-bond donors (Lipinski definition) is 1. The van der Waals surface area contributed by atoms with Gasteiger partial charge in [-0.05, 0) is 44.0 Å². The van der Waals surface area contributed by atoms with E-state index in [-0.39, 0.29) is 16.8 Å². The topological polar surface area (TPSA) is 69.7 Å². The fourth-order valence-corrected chi connectivity index (χ4v) is 4.67. The first kappa shape index (κ1) is 16.4. The van der Waals surface area contributed by atoms with E-state index >= 15 is 0 Å². The first-order valence-electron chi connectivity index (χ1n) is 8.12. The molecule has 3 rings (SSSR count). The van der Waals surface area contributed by atoms with Crippen LogP contribution in [-0.2, 0) is 10.0 Å². The van der Waals surface area contributed by atoms with Crippen molar-refractivity contribution in [3.05, 3.63) is 29.8 Å². The van der Waals surface area contributed by atoms with Crippen LogP contribution in [0.4, 0.5) is 0 Å². The van der Waals surface area contributed by atoms with Crippen LogP contribution in [0.2, 0.25) is 0 Å². The number of amides is 1. The molecule has 0 saturated carbocycles. The second kappa shape index (κ2) is 6.59. The van der Waals surface area contributed by atoms with Crippen LogP contribution in [0.15, 0.2) is 29.2 Å². The average Bonchev–Trinajstić information content (AvgIpc) is 3.10. The Balaban J connectivity index is 1.77. The van der Waals surface area contributed by atoms with Gasteiger partial charge in [-0.15, -0.1) is 0 Å². The van der Waals surface area contributed by atoms with Gasteiger partial charge in [-0.2, -0.15) is 4.31 Å². The molecule has 2 fully saturated rings. The molecule has 0 aromatic heterocycles. The highest BCUT2D eigenvalue weighted by Crippen LogP contribution is 2.21. The zero-order chi connectivity index (χ0) is 16.4. The quantitative estimate of drug-likeness (QED) is 0.890. The van der Waals surface area contributed by atoms with E-state index < -0.39 is 10.0 Å². The molecule has 1 aromatic rings. The minimum absolute atomic E-state index is 0.0379. The van der Waals surface area contributed by atoms with Gasteiger partial charge in [-0.1, -0.05) is 0 Å². The van der Waals surface area contributed by atoms with Crippen LogP contribution in [0.1, 0.15) is 30.1 Å². The minimum Gasteiger partial charge on any atom is -0.333 e. The second-order valence-electron chi connectivity index (χ2n) is 6.19. The fourth-order valence-electron chi connectivity index (χ4n) is 3.16. The van der Waals surface area contributed by atoms with Gasteiger partial charge in [0.2, 0.25) is 10.0 Å². The van der Waals surface area contributed by atoms with Crippen molar-refractivity contribution in [1.29, 1.82) is 0 Å². The highest BCUT2D eigenvalue weighted by Gasteiger charge is 2.28. The van der Waals surface area contributed by atoms with Gasteiger partial charge in [0.15, 0.2) is 0 Å². The number of hydrogen-bond acceptors (Lipinski definition) is 4. The largest absolute Gasteiger partial charge is 0.333 e. The third kappa shape index (κ3) is 3.27. The van der Waals surface area contributed by atoms with E-state index in [2.05, 4.69) is 5.32 Å². The van der Waals surface area contributed by atoms with Crippen LogP contribution in [0.3, 0.4) is 0 Å². The zero-order valence-corrected chi connectivity index (χ0v) is 14.2. The van der Waals surface area contributed by atoms with Gasteiger partial charge in [-0.25, -0.2) is 8.42 Å². The molecule has 2 heterocycles. The predicted molar refractivity (Wildman–Crippen MR) is 87.8 cm³/mol. The van der Waals surface area contributed by atoms with Crippen molar-refractivity contribution in [3.8, 4) is 0 Å². The summed E-state index contributed by atoms with van der Waals surface area (Å²) in [5.41, 5.74) is 0.541. The molecule has 126 valence electrons. The van der Waals surface area contributed by atoms with E-state index in [1.54, 1.807) is 24.3 Å². The van der Waals surface area contributed by atoms with Crippen molar-refractivity contribution < 1.29 is 13.2 Å². The molecule has 0 aliphatic carbocycles. The number of carbonyl (C=O) groups is 1. The maximum absolute atomic E-state index is 12.6. The summed E-state index contributed by atoms with van der Waals surface area (Å²) in [7, 11) is -3.42. The minimum atomic E-state index is -3.42. The van der Waals surface area contributed by atoms with Crippen molar-refractivity contribution in [3.63, 3.8) is 0 Å². The van der Waals surface area contributed by atoms with E-state index in [1.807, 2.05) is 11.8 Å². The van der Waals surface area contributed by atoms with Gasteiger partial charge in [0.05, 0.1) is 4.90 Å². The Labute approximate surface area is 137 Å². The third-order valence-electron chi connectivity index (χ3n) is 4.57. The lowest BCUT2D eigenvalue weighted by atomic mass is 10.1. The molecule has 2 saturated heterocycles. The summed E-state index contributed by atoms with van der Waals surface area (Å²) in [6.45, 7) is 5.43. The lowest BCUT2D eigenvalue weighted by Gasteiger charge is -2.34. The van der Waals surface area contributed by atoms with Crippen molar-refractivity contribution in [2.45, 2.75) is 30.7 Å². The Morgan fingerprint density at radius 3 is 2.39 bits per heavy atom. The Morgan fingerprint density at radius 1 is 1.13 bits per heavy atom. The van der Waals surface area contributed by atoms with Gasteiger partial charge >= 0.3 is 0 Å². The van der Waals surface area contributed by atoms with Gasteiger partial charge in [-0.3, -0.25) is 4.79 Å². The first-order valence-corrected chi connectivity index (χ1v) is 9.56. The van der Waals surface area contributed by atoms with Crippen LogP contribution in [0.25, 0.3) is 0 Å². The van der Waals surface area contributed by atoms with Crippen LogP contribution in [0.5, 0.6) is 0 Å². The van der Waals surface area contributed by atoms with Crippen LogP contribution >= 0.6 is 0 Å². The highest BCUT2D eigenvalue weighted by atomic mass is 32.2. The Bertz CT molecular complexity index is 666. The summed E-state index contributed by atoms with van der Waals surface area (Å²) < 4.78 is 26.5. The number of nitrogens with zero attached hydrogens (tertiary/aromatic N) is 2. The summed E-state index contributed by atoms with van der Waals surface area (Å²) in [5, 5.41) is 3.25.